The molecule has 0 aliphatic carbocycles. The third-order valence-electron chi connectivity index (χ3n) is 6.58. The van der Waals surface area contributed by atoms with Crippen LogP contribution >= 0.6 is 11.3 Å². The average molecular weight is 573 g/mol. The number of carbonyl (C=O) groups is 2. The van der Waals surface area contributed by atoms with E-state index in [1.165, 1.54) is 6.07 Å². The number of hydrogen-bond acceptors (Lipinski definition) is 7. The minimum atomic E-state index is -0.513. The van der Waals surface area contributed by atoms with Crippen LogP contribution in [0.2, 0.25) is 0 Å². The summed E-state index contributed by atoms with van der Waals surface area (Å²) in [7, 11) is 3.67. The topological polar surface area (TPSA) is 110 Å². The Morgan fingerprint density at radius 2 is 1.83 bits per heavy atom. The first-order valence-corrected chi connectivity index (χ1v) is 13.8. The number of carbonyl (C=O) groups excluding carboxylic acids is 2. The number of thiophene rings is 1. The molecule has 3 aromatic heterocycles. The van der Waals surface area contributed by atoms with E-state index < -0.39 is 11.8 Å². The average Bonchev–Trinajstić information content (AvgIpc) is 3.56. The van der Waals surface area contributed by atoms with Crippen LogP contribution in [0.15, 0.2) is 67.0 Å². The quantitative estimate of drug-likeness (QED) is 0.140. The Bertz CT molecular complexity index is 1680. The van der Waals surface area contributed by atoms with Crippen molar-refractivity contribution in [3.05, 3.63) is 95.2 Å². The summed E-state index contributed by atoms with van der Waals surface area (Å²) in [6.45, 7) is 2.08. The largest absolute Gasteiger partial charge is 0.383 e. The lowest BCUT2D eigenvalue weighted by atomic mass is 10.0. The van der Waals surface area contributed by atoms with Crippen LogP contribution in [0.25, 0.3) is 20.9 Å². The van der Waals surface area contributed by atoms with Crippen molar-refractivity contribution in [3.63, 3.8) is 0 Å². The van der Waals surface area contributed by atoms with Gasteiger partial charge < -0.3 is 25.3 Å². The molecule has 0 unspecified atom stereocenters. The summed E-state index contributed by atoms with van der Waals surface area (Å²) < 4.78 is 23.3. The maximum atomic E-state index is 15.1. The Hall–Kier alpha value is -4.45. The zero-order valence-electron chi connectivity index (χ0n) is 22.6. The van der Waals surface area contributed by atoms with Crippen LogP contribution in [0.4, 0.5) is 20.6 Å². The Labute approximate surface area is 240 Å². The highest BCUT2D eigenvalue weighted by Gasteiger charge is 2.16. The van der Waals surface area contributed by atoms with E-state index in [-0.39, 0.29) is 0 Å². The molecular weight excluding hydrogens is 543 g/mol. The van der Waals surface area contributed by atoms with Gasteiger partial charge in [0.05, 0.1) is 33.6 Å². The molecule has 0 saturated heterocycles. The molecule has 0 spiro atoms. The maximum Gasteiger partial charge on any atom is 0.323 e. The van der Waals surface area contributed by atoms with Crippen molar-refractivity contribution in [1.29, 1.82) is 0 Å². The number of anilines is 2. The van der Waals surface area contributed by atoms with E-state index in [9.17, 15) is 9.59 Å². The molecule has 9 nitrogen and oxygen atoms in total. The van der Waals surface area contributed by atoms with Crippen LogP contribution in [0.3, 0.4) is 0 Å². The molecule has 0 aliphatic heterocycles. The van der Waals surface area contributed by atoms with Gasteiger partial charge in [-0.3, -0.25) is 9.78 Å². The van der Waals surface area contributed by atoms with Gasteiger partial charge >= 0.3 is 6.03 Å². The van der Waals surface area contributed by atoms with Crippen molar-refractivity contribution in [2.45, 2.75) is 13.0 Å². The molecule has 2 amide bonds. The van der Waals surface area contributed by atoms with E-state index in [2.05, 4.69) is 30.5 Å². The molecule has 5 aromatic rings. The first-order valence-electron chi connectivity index (χ1n) is 12.9. The molecule has 0 fully saturated rings. The molecule has 41 heavy (non-hydrogen) atoms. The van der Waals surface area contributed by atoms with Gasteiger partial charge in [0.1, 0.15) is 17.9 Å². The molecular formula is C30H29FN6O3S. The molecule has 2 aromatic carbocycles. The number of pyridine rings is 1. The van der Waals surface area contributed by atoms with Gasteiger partial charge in [-0.25, -0.2) is 14.2 Å². The molecule has 210 valence electrons. The van der Waals surface area contributed by atoms with Gasteiger partial charge in [0, 0.05) is 56.8 Å². The lowest BCUT2D eigenvalue weighted by molar-refractivity contribution is 0.112. The SMILES string of the molecule is COCCNCc1cnc(-c2cc3nccc(Cc4ccc(NC(=O)Nc5ccc(C=O)cc5)cc4F)c3s2)n1C. The van der Waals surface area contributed by atoms with Crippen molar-refractivity contribution in [3.8, 4) is 10.7 Å². The minimum absolute atomic E-state index is 0.328. The molecule has 0 atom stereocenters. The number of urea groups is 1. The van der Waals surface area contributed by atoms with Gasteiger partial charge in [-0.15, -0.1) is 11.3 Å². The second-order valence-corrected chi connectivity index (χ2v) is 10.5. The van der Waals surface area contributed by atoms with E-state index in [1.807, 2.05) is 25.4 Å². The number of aromatic nitrogens is 3. The Kier molecular flexibility index (Phi) is 8.78. The van der Waals surface area contributed by atoms with Crippen molar-refractivity contribution in [2.24, 2.45) is 7.05 Å². The molecule has 3 heterocycles. The van der Waals surface area contributed by atoms with Crippen molar-refractivity contribution in [1.82, 2.24) is 19.9 Å². The normalized spacial score (nSPS) is 11.1. The first kappa shape index (κ1) is 28.1. The zero-order chi connectivity index (χ0) is 28.8. The highest BCUT2D eigenvalue weighted by molar-refractivity contribution is 7.22. The van der Waals surface area contributed by atoms with Crippen LogP contribution in [0.1, 0.15) is 27.2 Å². The number of nitrogens with one attached hydrogen (secondary N) is 3. The zero-order valence-corrected chi connectivity index (χ0v) is 23.4. The second-order valence-electron chi connectivity index (χ2n) is 9.40. The summed E-state index contributed by atoms with van der Waals surface area (Å²) in [6.07, 6.45) is 4.69. The fourth-order valence-electron chi connectivity index (χ4n) is 4.38. The van der Waals surface area contributed by atoms with E-state index in [0.29, 0.717) is 42.1 Å². The lowest BCUT2D eigenvalue weighted by Gasteiger charge is -2.10. The number of amides is 2. The van der Waals surface area contributed by atoms with Crippen molar-refractivity contribution >= 4 is 45.2 Å². The van der Waals surface area contributed by atoms with Gasteiger partial charge in [0.2, 0.25) is 0 Å². The monoisotopic (exact) mass is 572 g/mol. The van der Waals surface area contributed by atoms with Gasteiger partial charge in [-0.2, -0.15) is 0 Å². The first-order chi connectivity index (χ1) is 19.9. The number of hydrogen-bond donors (Lipinski definition) is 3. The number of methoxy groups -OCH3 is 1. The van der Waals surface area contributed by atoms with Crippen LogP contribution < -0.4 is 16.0 Å². The van der Waals surface area contributed by atoms with Crippen LogP contribution in [-0.4, -0.2) is 47.1 Å². The molecule has 0 radical (unpaired) electrons. The predicted octanol–water partition coefficient (Wildman–Crippen LogP) is 5.62. The Balaban J connectivity index is 1.28. The van der Waals surface area contributed by atoms with E-state index in [4.69, 9.17) is 4.74 Å². The second kappa shape index (κ2) is 12.8. The van der Waals surface area contributed by atoms with Crippen molar-refractivity contribution < 1.29 is 18.7 Å². The van der Waals surface area contributed by atoms with E-state index >= 15 is 4.39 Å². The smallest absolute Gasteiger partial charge is 0.323 e. The highest BCUT2D eigenvalue weighted by Crippen LogP contribution is 2.35. The Morgan fingerprint density at radius 1 is 1.05 bits per heavy atom. The van der Waals surface area contributed by atoms with E-state index in [1.54, 1.807) is 61.0 Å². The summed E-state index contributed by atoms with van der Waals surface area (Å²) in [5.74, 6) is 0.427. The fourth-order valence-corrected chi connectivity index (χ4v) is 5.54. The summed E-state index contributed by atoms with van der Waals surface area (Å²) in [5, 5.41) is 8.64. The lowest BCUT2D eigenvalue weighted by Crippen LogP contribution is -2.20. The molecule has 0 aliphatic rings. The standard InChI is InChI=1S/C30H29FN6O3S/c1-37-24(16-32-11-12-40-2)17-34-29(37)27-15-26-28(41-27)21(9-10-33-26)13-20-5-8-23(14-25(20)31)36-30(39)35-22-6-3-19(18-38)4-7-22/h3-10,14-15,17-18,32H,11-13,16H2,1-2H3,(H2,35,36,39). The summed E-state index contributed by atoms with van der Waals surface area (Å²) in [4.78, 5) is 33.3. The number of nitrogens with zero attached hydrogens (tertiary/aromatic N) is 3. The number of fused-ring (bicyclic) bond motifs is 1. The maximum absolute atomic E-state index is 15.1. The molecule has 0 bridgehead atoms. The van der Waals surface area contributed by atoms with Crippen LogP contribution in [-0.2, 0) is 24.8 Å². The van der Waals surface area contributed by atoms with Gasteiger partial charge in [-0.05, 0) is 59.7 Å². The van der Waals surface area contributed by atoms with Crippen LogP contribution in [0.5, 0.6) is 0 Å². The number of benzene rings is 2. The third kappa shape index (κ3) is 6.65. The number of aldehydes is 1. The summed E-state index contributed by atoms with van der Waals surface area (Å²) in [5.41, 5.74) is 4.70. The number of halogens is 1. The number of ether oxygens (including phenoxy) is 1. The predicted molar refractivity (Wildman–Crippen MR) is 159 cm³/mol. The molecule has 5 rings (SSSR count). The molecule has 0 saturated carbocycles. The van der Waals surface area contributed by atoms with Gasteiger partial charge in [-0.1, -0.05) is 6.07 Å². The van der Waals surface area contributed by atoms with Crippen molar-refractivity contribution in [2.75, 3.05) is 30.9 Å². The summed E-state index contributed by atoms with van der Waals surface area (Å²) in [6, 6.07) is 14.5. The van der Waals surface area contributed by atoms with E-state index in [0.717, 1.165) is 45.0 Å². The van der Waals surface area contributed by atoms with Gasteiger partial charge in [0.25, 0.3) is 0 Å². The molecule has 3 N–H and O–H groups in total. The number of imidazole rings is 1. The third-order valence-corrected chi connectivity index (χ3v) is 7.78. The molecule has 11 heteroatoms. The number of rotatable bonds is 11. The Morgan fingerprint density at radius 3 is 2.59 bits per heavy atom. The highest BCUT2D eigenvalue weighted by atomic mass is 32.1. The van der Waals surface area contributed by atoms with Crippen LogP contribution in [0, 0.1) is 5.82 Å². The summed E-state index contributed by atoms with van der Waals surface area (Å²) >= 11 is 1.58. The fraction of sp³-hybridized carbons (Fsp3) is 0.200. The van der Waals surface area contributed by atoms with Gasteiger partial charge in [0.15, 0.2) is 0 Å². The minimum Gasteiger partial charge on any atom is -0.383 e.